The van der Waals surface area contributed by atoms with Crippen molar-refractivity contribution in [2.45, 2.75) is 62.6 Å². The number of aromatic amines is 1. The van der Waals surface area contributed by atoms with Crippen molar-refractivity contribution in [2.24, 2.45) is 0 Å². The van der Waals surface area contributed by atoms with Crippen LogP contribution < -0.4 is 10.6 Å². The van der Waals surface area contributed by atoms with Crippen LogP contribution in [0.3, 0.4) is 0 Å². The topological polar surface area (TPSA) is 131 Å². The molecule has 1 fully saturated rings. The molecule has 5 rings (SSSR count). The molecule has 2 aromatic heterocycles. The van der Waals surface area contributed by atoms with Crippen molar-refractivity contribution in [1.29, 1.82) is 0 Å². The number of carbonyl (C=O) groups is 2. The largest absolute Gasteiger partial charge is 0.508 e. The number of aromatic carboxylic acids is 1. The number of phenolic OH excluding ortho intramolecular Hbond substituents is 1. The zero-order valence-corrected chi connectivity index (χ0v) is 25.2. The zero-order valence-electron chi connectivity index (χ0n) is 24.4. The highest BCUT2D eigenvalue weighted by Crippen LogP contribution is 2.33. The van der Waals surface area contributed by atoms with Crippen LogP contribution in [0.5, 0.6) is 5.75 Å². The molecule has 2 aromatic carbocycles. The van der Waals surface area contributed by atoms with Crippen molar-refractivity contribution in [1.82, 2.24) is 14.9 Å². The van der Waals surface area contributed by atoms with Gasteiger partial charge in [-0.1, -0.05) is 26.0 Å². The van der Waals surface area contributed by atoms with Gasteiger partial charge in [0.2, 0.25) is 0 Å². The Morgan fingerprint density at radius 2 is 1.74 bits per heavy atom. The van der Waals surface area contributed by atoms with E-state index in [-0.39, 0.29) is 17.3 Å². The van der Waals surface area contributed by atoms with Crippen molar-refractivity contribution in [2.75, 3.05) is 23.7 Å². The second-order valence-electron chi connectivity index (χ2n) is 10.9. The van der Waals surface area contributed by atoms with Crippen LogP contribution in [0.25, 0.3) is 11.0 Å². The Kier molecular flexibility index (Phi) is 10.5. The van der Waals surface area contributed by atoms with Crippen molar-refractivity contribution in [3.8, 4) is 5.75 Å². The fourth-order valence-electron chi connectivity index (χ4n) is 4.96. The van der Waals surface area contributed by atoms with E-state index in [4.69, 9.17) is 15.2 Å². The molecule has 5 N–H and O–H groups in total. The van der Waals surface area contributed by atoms with Crippen LogP contribution in [-0.2, 0) is 0 Å². The Hall–Kier alpha value is -4.02. The Morgan fingerprint density at radius 3 is 2.38 bits per heavy atom. The van der Waals surface area contributed by atoms with Crippen LogP contribution in [-0.4, -0.2) is 61.5 Å². The third-order valence-electron chi connectivity index (χ3n) is 7.05. The lowest BCUT2D eigenvalue weighted by molar-refractivity contribution is 0.0696. The highest BCUT2D eigenvalue weighted by molar-refractivity contribution is 7.99. The number of fused-ring (bicyclic) bond motifs is 1. The lowest BCUT2D eigenvalue weighted by Gasteiger charge is -2.34. The number of likely N-dealkylation sites (tertiary alicyclic amines) is 1. The third-order valence-corrected chi connectivity index (χ3v) is 8.05. The molecule has 9 nitrogen and oxygen atoms in total. The molecule has 222 valence electrons. The SMILES string of the molecule is CC(C)Sc1cccc(NC(=O)Nc2ccc3[nH]cc(C4CCN(C(C)C)CC4)c3n2)c1.O=C(O)c1cccc(O)c1. The number of H-pyrrole nitrogens is 1. The minimum Gasteiger partial charge on any atom is -0.508 e. The number of aromatic hydroxyl groups is 1. The fourth-order valence-corrected chi connectivity index (χ4v) is 5.86. The number of hydrogen-bond acceptors (Lipinski definition) is 6. The van der Waals surface area contributed by atoms with Gasteiger partial charge in [0.1, 0.15) is 11.6 Å². The van der Waals surface area contributed by atoms with Gasteiger partial charge >= 0.3 is 12.0 Å². The Bertz CT molecular complexity index is 1510. The Balaban J connectivity index is 0.000000343. The van der Waals surface area contributed by atoms with E-state index < -0.39 is 5.97 Å². The summed E-state index contributed by atoms with van der Waals surface area (Å²) in [5, 5.41) is 23.5. The summed E-state index contributed by atoms with van der Waals surface area (Å²) in [5.74, 6) is -0.00417. The number of phenols is 1. The number of benzene rings is 2. The first kappa shape index (κ1) is 30.9. The molecule has 10 heteroatoms. The van der Waals surface area contributed by atoms with Gasteiger partial charge in [0, 0.05) is 28.1 Å². The second-order valence-corrected chi connectivity index (χ2v) is 12.5. The molecule has 0 bridgehead atoms. The first-order valence-corrected chi connectivity index (χ1v) is 15.1. The van der Waals surface area contributed by atoms with Gasteiger partial charge in [-0.05, 0) is 99.8 Å². The lowest BCUT2D eigenvalue weighted by Crippen LogP contribution is -2.37. The van der Waals surface area contributed by atoms with Crippen molar-refractivity contribution >= 4 is 46.3 Å². The van der Waals surface area contributed by atoms with E-state index in [1.165, 1.54) is 29.8 Å². The molecule has 0 aliphatic carbocycles. The molecular formula is C32H39N5O4S. The normalized spacial score (nSPS) is 14.0. The maximum Gasteiger partial charge on any atom is 0.335 e. The number of carbonyl (C=O) groups excluding carboxylic acids is 1. The van der Waals surface area contributed by atoms with Crippen LogP contribution in [0.4, 0.5) is 16.3 Å². The zero-order chi connectivity index (χ0) is 30.2. The van der Waals surface area contributed by atoms with Crippen LogP contribution in [0.2, 0.25) is 0 Å². The summed E-state index contributed by atoms with van der Waals surface area (Å²) < 4.78 is 0. The van der Waals surface area contributed by atoms with E-state index in [1.54, 1.807) is 11.8 Å². The summed E-state index contributed by atoms with van der Waals surface area (Å²) in [4.78, 5) is 34.6. The fraction of sp³-hybridized carbons (Fsp3) is 0.344. The number of urea groups is 1. The smallest absolute Gasteiger partial charge is 0.335 e. The summed E-state index contributed by atoms with van der Waals surface area (Å²) in [7, 11) is 0. The molecule has 0 unspecified atom stereocenters. The third kappa shape index (κ3) is 8.50. The van der Waals surface area contributed by atoms with Gasteiger partial charge in [0.05, 0.1) is 16.6 Å². The molecular weight excluding hydrogens is 550 g/mol. The van der Waals surface area contributed by atoms with Crippen molar-refractivity contribution in [3.63, 3.8) is 0 Å². The highest BCUT2D eigenvalue weighted by atomic mass is 32.2. The molecule has 42 heavy (non-hydrogen) atoms. The van der Waals surface area contributed by atoms with Gasteiger partial charge in [0.25, 0.3) is 0 Å². The van der Waals surface area contributed by atoms with Gasteiger partial charge in [-0.3, -0.25) is 5.32 Å². The predicted molar refractivity (Wildman–Crippen MR) is 170 cm³/mol. The van der Waals surface area contributed by atoms with Crippen LogP contribution >= 0.6 is 11.8 Å². The first-order chi connectivity index (χ1) is 20.1. The van der Waals surface area contributed by atoms with E-state index >= 15 is 0 Å². The van der Waals surface area contributed by atoms with Crippen molar-refractivity contribution < 1.29 is 19.8 Å². The van der Waals surface area contributed by atoms with Gasteiger partial charge < -0.3 is 25.4 Å². The number of pyridine rings is 1. The van der Waals surface area contributed by atoms with Crippen molar-refractivity contribution in [3.05, 3.63) is 78.0 Å². The Labute approximate surface area is 250 Å². The minimum atomic E-state index is -1.03. The van der Waals surface area contributed by atoms with Gasteiger partial charge in [-0.15, -0.1) is 11.8 Å². The van der Waals surface area contributed by atoms with Gasteiger partial charge in [-0.2, -0.15) is 0 Å². The molecule has 1 saturated heterocycles. The predicted octanol–water partition coefficient (Wildman–Crippen LogP) is 7.39. The number of nitrogens with zero attached hydrogens (tertiary/aromatic N) is 2. The summed E-state index contributed by atoms with van der Waals surface area (Å²) in [6, 6.07) is 17.6. The number of hydrogen-bond donors (Lipinski definition) is 5. The van der Waals surface area contributed by atoms with Crippen LogP contribution in [0.15, 0.2) is 71.8 Å². The van der Waals surface area contributed by atoms with Gasteiger partial charge in [0.15, 0.2) is 0 Å². The van der Waals surface area contributed by atoms with E-state index in [1.807, 2.05) is 30.3 Å². The maximum atomic E-state index is 12.6. The molecule has 3 heterocycles. The number of anilines is 2. The summed E-state index contributed by atoms with van der Waals surface area (Å²) in [6.07, 6.45) is 4.36. The number of rotatable bonds is 7. The average Bonchev–Trinajstić information content (AvgIpc) is 3.36. The van der Waals surface area contributed by atoms with Crippen LogP contribution in [0.1, 0.15) is 62.4 Å². The number of carboxylic acid groups (broad SMARTS) is 1. The number of nitrogens with one attached hydrogen (secondary N) is 3. The van der Waals surface area contributed by atoms with E-state index in [0.29, 0.717) is 23.0 Å². The summed E-state index contributed by atoms with van der Waals surface area (Å²) in [6.45, 7) is 11.1. The summed E-state index contributed by atoms with van der Waals surface area (Å²) in [5.41, 5.74) is 4.09. The molecule has 0 atom stereocenters. The van der Waals surface area contributed by atoms with Crippen LogP contribution in [0, 0.1) is 0 Å². The first-order valence-electron chi connectivity index (χ1n) is 14.2. The monoisotopic (exact) mass is 589 g/mol. The molecule has 1 aliphatic rings. The molecule has 0 radical (unpaired) electrons. The van der Waals surface area contributed by atoms with E-state index in [9.17, 15) is 9.59 Å². The minimum absolute atomic E-state index is 0.0279. The standard InChI is InChI=1S/C25H33N5OS.C7H6O3/c1-16(2)30-12-10-18(11-13-30)21-15-26-22-8-9-23(28-24(21)22)29-25(31)27-19-6-5-7-20(14-19)32-17(3)4;8-6-3-1-2-5(4-6)7(9)10/h5-9,14-18,26H,10-13H2,1-4H3,(H2,27,28,29,31);1-4,8H,(H,9,10). The average molecular weight is 590 g/mol. The van der Waals surface area contributed by atoms with E-state index in [2.05, 4.69) is 60.5 Å². The lowest BCUT2D eigenvalue weighted by atomic mass is 9.90. The second kappa shape index (κ2) is 14.2. The molecule has 1 aliphatic heterocycles. The Morgan fingerprint density at radius 1 is 1.00 bits per heavy atom. The number of thioether (sulfide) groups is 1. The molecule has 4 aromatic rings. The number of carboxylic acids is 1. The molecule has 2 amide bonds. The highest BCUT2D eigenvalue weighted by Gasteiger charge is 2.24. The number of aromatic nitrogens is 2. The number of amides is 2. The molecule has 0 saturated carbocycles. The van der Waals surface area contributed by atoms with Gasteiger partial charge in [-0.25, -0.2) is 14.6 Å². The quantitative estimate of drug-likeness (QED) is 0.142. The maximum absolute atomic E-state index is 12.6. The molecule has 0 spiro atoms. The number of piperidine rings is 1. The summed E-state index contributed by atoms with van der Waals surface area (Å²) >= 11 is 1.77. The van der Waals surface area contributed by atoms with E-state index in [0.717, 1.165) is 47.5 Å².